The Morgan fingerprint density at radius 2 is 2.27 bits per heavy atom. The fourth-order valence-electron chi connectivity index (χ4n) is 3.36. The van der Waals surface area contributed by atoms with Crippen molar-refractivity contribution in [2.45, 2.75) is 32.2 Å². The largest absolute Gasteiger partial charge is 0.312 e. The normalized spacial score (nSPS) is 34.7. The van der Waals surface area contributed by atoms with E-state index < -0.39 is 0 Å². The molecule has 1 aliphatic heterocycles. The van der Waals surface area contributed by atoms with Crippen LogP contribution in [0.25, 0.3) is 0 Å². The van der Waals surface area contributed by atoms with Crippen molar-refractivity contribution in [2.75, 3.05) is 26.7 Å². The number of fused-ring (bicyclic) bond motifs is 1. The van der Waals surface area contributed by atoms with Gasteiger partial charge in [0, 0.05) is 19.1 Å². The van der Waals surface area contributed by atoms with Crippen molar-refractivity contribution in [3.05, 3.63) is 12.2 Å². The summed E-state index contributed by atoms with van der Waals surface area (Å²) in [5, 5.41) is 3.69. The molecule has 0 spiro atoms. The molecule has 2 rings (SSSR count). The topological polar surface area (TPSA) is 15.3 Å². The van der Waals surface area contributed by atoms with Gasteiger partial charge >= 0.3 is 0 Å². The summed E-state index contributed by atoms with van der Waals surface area (Å²) in [5.74, 6) is 1.94. The van der Waals surface area contributed by atoms with Gasteiger partial charge in [0.25, 0.3) is 0 Å². The molecule has 2 heteroatoms. The Kier molecular flexibility index (Phi) is 3.47. The van der Waals surface area contributed by atoms with Crippen molar-refractivity contribution >= 4 is 0 Å². The van der Waals surface area contributed by atoms with Gasteiger partial charge in [-0.3, -0.25) is 0 Å². The molecule has 0 amide bonds. The van der Waals surface area contributed by atoms with Gasteiger partial charge in [-0.25, -0.2) is 0 Å². The second kappa shape index (κ2) is 4.67. The zero-order valence-electron chi connectivity index (χ0n) is 10.1. The van der Waals surface area contributed by atoms with Crippen LogP contribution in [-0.4, -0.2) is 37.6 Å². The Morgan fingerprint density at radius 3 is 3.00 bits per heavy atom. The third-order valence-corrected chi connectivity index (χ3v) is 3.93. The molecule has 3 atom stereocenters. The molecule has 0 aromatic rings. The van der Waals surface area contributed by atoms with Crippen LogP contribution in [0.1, 0.15) is 26.2 Å². The number of likely N-dealkylation sites (N-methyl/N-ethyl adjacent to an activating group) is 1. The van der Waals surface area contributed by atoms with E-state index in [0.29, 0.717) is 0 Å². The van der Waals surface area contributed by atoms with E-state index in [2.05, 4.69) is 30.8 Å². The highest BCUT2D eigenvalue weighted by molar-refractivity contribution is 4.97. The Labute approximate surface area is 93.7 Å². The van der Waals surface area contributed by atoms with E-state index in [1.807, 2.05) is 0 Å². The minimum atomic E-state index is 0.738. The van der Waals surface area contributed by atoms with Crippen LogP contribution in [-0.2, 0) is 0 Å². The average molecular weight is 208 g/mol. The summed E-state index contributed by atoms with van der Waals surface area (Å²) in [7, 11) is 2.21. The first-order valence-corrected chi connectivity index (χ1v) is 6.23. The molecule has 3 unspecified atom stereocenters. The minimum absolute atomic E-state index is 0.738. The molecule has 1 saturated heterocycles. The lowest BCUT2D eigenvalue weighted by Crippen LogP contribution is -2.39. The SMILES string of the molecule is C=C(C)CN(C)CC1NCC2CCCC21. The third-order valence-electron chi connectivity index (χ3n) is 3.93. The molecule has 0 aromatic carbocycles. The molecule has 2 nitrogen and oxygen atoms in total. The molecule has 86 valence electrons. The number of nitrogens with zero attached hydrogens (tertiary/aromatic N) is 1. The van der Waals surface area contributed by atoms with Crippen molar-refractivity contribution in [3.63, 3.8) is 0 Å². The zero-order chi connectivity index (χ0) is 10.8. The molecule has 0 radical (unpaired) electrons. The number of rotatable bonds is 4. The molecule has 1 N–H and O–H groups in total. The molecular formula is C13H24N2. The number of hydrogen-bond acceptors (Lipinski definition) is 2. The Hall–Kier alpha value is -0.340. The first kappa shape index (κ1) is 11.2. The number of nitrogens with one attached hydrogen (secondary N) is 1. The van der Waals surface area contributed by atoms with E-state index in [4.69, 9.17) is 0 Å². The molecule has 1 aliphatic carbocycles. The summed E-state index contributed by atoms with van der Waals surface area (Å²) in [5.41, 5.74) is 1.26. The Bertz CT molecular complexity index is 237. The van der Waals surface area contributed by atoms with E-state index >= 15 is 0 Å². The smallest absolute Gasteiger partial charge is 0.0226 e. The van der Waals surface area contributed by atoms with Crippen molar-refractivity contribution in [1.29, 1.82) is 0 Å². The van der Waals surface area contributed by atoms with Gasteiger partial charge in [0.05, 0.1) is 0 Å². The van der Waals surface area contributed by atoms with Crippen LogP contribution >= 0.6 is 0 Å². The summed E-state index contributed by atoms with van der Waals surface area (Å²) < 4.78 is 0. The van der Waals surface area contributed by atoms with Gasteiger partial charge in [0.15, 0.2) is 0 Å². The molecular weight excluding hydrogens is 184 g/mol. The maximum atomic E-state index is 3.97. The highest BCUT2D eigenvalue weighted by Gasteiger charge is 2.38. The number of hydrogen-bond donors (Lipinski definition) is 1. The molecule has 1 saturated carbocycles. The van der Waals surface area contributed by atoms with Crippen molar-refractivity contribution < 1.29 is 0 Å². The Balaban J connectivity index is 1.81. The van der Waals surface area contributed by atoms with Gasteiger partial charge in [-0.2, -0.15) is 0 Å². The third kappa shape index (κ3) is 2.61. The van der Waals surface area contributed by atoms with Crippen LogP contribution in [0.2, 0.25) is 0 Å². The summed E-state index contributed by atoms with van der Waals surface area (Å²) in [6, 6.07) is 0.738. The van der Waals surface area contributed by atoms with E-state index in [1.54, 1.807) is 0 Å². The predicted molar refractivity (Wildman–Crippen MR) is 64.9 cm³/mol. The quantitative estimate of drug-likeness (QED) is 0.710. The standard InChI is InChI=1S/C13H24N2/c1-10(2)8-15(3)9-13-12-6-4-5-11(12)7-14-13/h11-14H,1,4-9H2,2-3H3. The summed E-state index contributed by atoms with van der Waals surface area (Å²) in [6.07, 6.45) is 4.36. The van der Waals surface area contributed by atoms with Gasteiger partial charge in [0.2, 0.25) is 0 Å². The maximum Gasteiger partial charge on any atom is 0.0226 e. The van der Waals surface area contributed by atoms with Crippen LogP contribution in [0.5, 0.6) is 0 Å². The molecule has 2 fully saturated rings. The fraction of sp³-hybridized carbons (Fsp3) is 0.846. The lowest BCUT2D eigenvalue weighted by molar-refractivity contribution is 0.281. The van der Waals surface area contributed by atoms with Crippen LogP contribution in [0, 0.1) is 11.8 Å². The average Bonchev–Trinajstić information content (AvgIpc) is 2.68. The zero-order valence-corrected chi connectivity index (χ0v) is 10.1. The summed E-state index contributed by atoms with van der Waals surface area (Å²) >= 11 is 0. The van der Waals surface area contributed by atoms with Crippen LogP contribution < -0.4 is 5.32 Å². The molecule has 1 heterocycles. The van der Waals surface area contributed by atoms with Gasteiger partial charge in [-0.15, -0.1) is 0 Å². The van der Waals surface area contributed by atoms with Crippen LogP contribution in [0.4, 0.5) is 0 Å². The highest BCUT2D eigenvalue weighted by atomic mass is 15.1. The highest BCUT2D eigenvalue weighted by Crippen LogP contribution is 2.37. The molecule has 2 aliphatic rings. The summed E-state index contributed by atoms with van der Waals surface area (Å²) in [6.45, 7) is 9.57. The van der Waals surface area contributed by atoms with E-state index in [1.165, 1.54) is 37.9 Å². The van der Waals surface area contributed by atoms with Gasteiger partial charge in [0.1, 0.15) is 0 Å². The van der Waals surface area contributed by atoms with Crippen molar-refractivity contribution in [2.24, 2.45) is 11.8 Å². The first-order valence-electron chi connectivity index (χ1n) is 6.23. The second-order valence-electron chi connectivity index (χ2n) is 5.52. The van der Waals surface area contributed by atoms with E-state index in [9.17, 15) is 0 Å². The van der Waals surface area contributed by atoms with E-state index in [0.717, 1.165) is 24.4 Å². The van der Waals surface area contributed by atoms with Crippen LogP contribution in [0.3, 0.4) is 0 Å². The van der Waals surface area contributed by atoms with Gasteiger partial charge in [-0.1, -0.05) is 18.6 Å². The monoisotopic (exact) mass is 208 g/mol. The van der Waals surface area contributed by atoms with Gasteiger partial charge < -0.3 is 10.2 Å². The minimum Gasteiger partial charge on any atom is -0.312 e. The molecule has 0 bridgehead atoms. The molecule has 15 heavy (non-hydrogen) atoms. The first-order chi connectivity index (χ1) is 7.16. The van der Waals surface area contributed by atoms with E-state index in [-0.39, 0.29) is 0 Å². The van der Waals surface area contributed by atoms with Crippen molar-refractivity contribution in [1.82, 2.24) is 10.2 Å². The lowest BCUT2D eigenvalue weighted by Gasteiger charge is -2.25. The van der Waals surface area contributed by atoms with Crippen molar-refractivity contribution in [3.8, 4) is 0 Å². The second-order valence-corrected chi connectivity index (χ2v) is 5.52. The molecule has 0 aromatic heterocycles. The lowest BCUT2D eigenvalue weighted by atomic mass is 9.94. The maximum absolute atomic E-state index is 3.97. The Morgan fingerprint density at radius 1 is 1.47 bits per heavy atom. The predicted octanol–water partition coefficient (Wildman–Crippen LogP) is 1.88. The fourth-order valence-corrected chi connectivity index (χ4v) is 3.36. The summed E-state index contributed by atoms with van der Waals surface area (Å²) in [4.78, 5) is 2.40. The van der Waals surface area contributed by atoms with Crippen LogP contribution in [0.15, 0.2) is 12.2 Å². The van der Waals surface area contributed by atoms with Gasteiger partial charge in [-0.05, 0) is 45.2 Å².